The minimum absolute atomic E-state index is 0.120. The summed E-state index contributed by atoms with van der Waals surface area (Å²) < 4.78 is 47.2. The number of methoxy groups -OCH3 is 1. The first-order chi connectivity index (χ1) is 7.84. The number of ether oxygens (including phenoxy) is 2. The van der Waals surface area contributed by atoms with Crippen LogP contribution in [0.5, 0.6) is 5.88 Å². The van der Waals surface area contributed by atoms with Crippen LogP contribution in [0.25, 0.3) is 0 Å². The quantitative estimate of drug-likeness (QED) is 0.766. The number of aryl methyl sites for hydroxylation is 1. The van der Waals surface area contributed by atoms with Gasteiger partial charge in [0.15, 0.2) is 0 Å². The van der Waals surface area contributed by atoms with Crippen molar-refractivity contribution in [2.45, 2.75) is 19.2 Å². The minimum Gasteiger partial charge on any atom is -0.497 e. The molecule has 0 amide bonds. The van der Waals surface area contributed by atoms with E-state index in [9.17, 15) is 13.2 Å². The lowest BCUT2D eigenvalue weighted by atomic mass is 10.3. The van der Waals surface area contributed by atoms with E-state index in [1.54, 1.807) is 19.1 Å². The van der Waals surface area contributed by atoms with E-state index >= 15 is 0 Å². The van der Waals surface area contributed by atoms with Crippen LogP contribution in [0.15, 0.2) is 30.5 Å². The standard InChI is InChI=1S/C11H12F3NO2/c1-7-5-4-6-9(15-7)17-10(8(2)16-3)11(12,13)14/h4-6,10H,2H2,1,3H3/t10-/m1/s1. The molecule has 0 radical (unpaired) electrons. The number of hydrogen-bond acceptors (Lipinski definition) is 3. The van der Waals surface area contributed by atoms with Crippen LogP contribution in [-0.2, 0) is 4.74 Å². The molecule has 0 aliphatic heterocycles. The number of pyridine rings is 1. The Morgan fingerprint density at radius 1 is 1.41 bits per heavy atom. The molecule has 17 heavy (non-hydrogen) atoms. The largest absolute Gasteiger partial charge is 0.497 e. The Balaban J connectivity index is 2.91. The van der Waals surface area contributed by atoms with E-state index in [1.807, 2.05) is 0 Å². The van der Waals surface area contributed by atoms with Crippen LogP contribution in [0.1, 0.15) is 5.69 Å². The molecule has 0 unspecified atom stereocenters. The number of nitrogens with zero attached hydrogens (tertiary/aromatic N) is 1. The second-order valence-electron chi connectivity index (χ2n) is 3.33. The van der Waals surface area contributed by atoms with Gasteiger partial charge in [-0.25, -0.2) is 4.98 Å². The molecule has 3 nitrogen and oxygen atoms in total. The Bertz CT molecular complexity index is 404. The molecule has 94 valence electrons. The highest BCUT2D eigenvalue weighted by Crippen LogP contribution is 2.28. The Morgan fingerprint density at radius 2 is 2.06 bits per heavy atom. The van der Waals surface area contributed by atoms with Crippen molar-refractivity contribution >= 4 is 0 Å². The summed E-state index contributed by atoms with van der Waals surface area (Å²) in [5, 5.41) is 0. The van der Waals surface area contributed by atoms with Gasteiger partial charge in [-0.1, -0.05) is 12.6 Å². The summed E-state index contributed by atoms with van der Waals surface area (Å²) in [7, 11) is 1.11. The number of aromatic nitrogens is 1. The zero-order chi connectivity index (χ0) is 13.1. The Labute approximate surface area is 96.9 Å². The van der Waals surface area contributed by atoms with Crippen LogP contribution in [0.2, 0.25) is 0 Å². The summed E-state index contributed by atoms with van der Waals surface area (Å²) in [5.41, 5.74) is 0.562. The Morgan fingerprint density at radius 3 is 2.53 bits per heavy atom. The van der Waals surface area contributed by atoms with E-state index in [2.05, 4.69) is 16.3 Å². The van der Waals surface area contributed by atoms with Crippen LogP contribution in [0, 0.1) is 6.92 Å². The SMILES string of the molecule is C=C(OC)[C@@H](Oc1cccc(C)n1)C(F)(F)F. The summed E-state index contributed by atoms with van der Waals surface area (Å²) >= 11 is 0. The van der Waals surface area contributed by atoms with Crippen LogP contribution in [0.3, 0.4) is 0 Å². The molecule has 0 N–H and O–H groups in total. The van der Waals surface area contributed by atoms with Gasteiger partial charge >= 0.3 is 6.18 Å². The number of rotatable bonds is 4. The van der Waals surface area contributed by atoms with Crippen LogP contribution in [-0.4, -0.2) is 24.4 Å². The summed E-state index contributed by atoms with van der Waals surface area (Å²) in [6.07, 6.45) is -6.82. The summed E-state index contributed by atoms with van der Waals surface area (Å²) in [5.74, 6) is -0.633. The highest BCUT2D eigenvalue weighted by atomic mass is 19.4. The molecule has 0 fully saturated rings. The molecule has 0 aliphatic rings. The summed E-state index contributed by atoms with van der Waals surface area (Å²) in [4.78, 5) is 3.82. The van der Waals surface area contributed by atoms with E-state index in [-0.39, 0.29) is 5.88 Å². The van der Waals surface area contributed by atoms with E-state index < -0.39 is 18.0 Å². The van der Waals surface area contributed by atoms with Gasteiger partial charge in [0.2, 0.25) is 5.88 Å². The maximum Gasteiger partial charge on any atom is 0.432 e. The van der Waals surface area contributed by atoms with Gasteiger partial charge in [-0.2, -0.15) is 13.2 Å². The molecule has 6 heteroatoms. The second kappa shape index (κ2) is 5.07. The predicted octanol–water partition coefficient (Wildman–Crippen LogP) is 2.86. The summed E-state index contributed by atoms with van der Waals surface area (Å²) in [6.45, 7) is 4.82. The highest BCUT2D eigenvalue weighted by molar-refractivity contribution is 5.16. The maximum absolute atomic E-state index is 12.7. The third-order valence-corrected chi connectivity index (χ3v) is 1.95. The first-order valence-electron chi connectivity index (χ1n) is 4.74. The van der Waals surface area contributed by atoms with Crippen molar-refractivity contribution in [3.05, 3.63) is 36.2 Å². The Kier molecular flexibility index (Phi) is 3.98. The zero-order valence-corrected chi connectivity index (χ0v) is 9.41. The van der Waals surface area contributed by atoms with Crippen molar-refractivity contribution in [2.75, 3.05) is 7.11 Å². The van der Waals surface area contributed by atoms with Crippen molar-refractivity contribution in [3.8, 4) is 5.88 Å². The van der Waals surface area contributed by atoms with E-state index in [0.717, 1.165) is 7.11 Å². The van der Waals surface area contributed by atoms with Gasteiger partial charge in [-0.15, -0.1) is 0 Å². The van der Waals surface area contributed by atoms with Gasteiger partial charge in [0, 0.05) is 11.8 Å². The molecule has 1 atom stereocenters. The van der Waals surface area contributed by atoms with Crippen LogP contribution in [0.4, 0.5) is 13.2 Å². The van der Waals surface area contributed by atoms with E-state index in [4.69, 9.17) is 4.74 Å². The smallest absolute Gasteiger partial charge is 0.432 e. The lowest BCUT2D eigenvalue weighted by Gasteiger charge is -2.22. The van der Waals surface area contributed by atoms with Crippen molar-refractivity contribution in [2.24, 2.45) is 0 Å². The average molecular weight is 247 g/mol. The van der Waals surface area contributed by atoms with Crippen LogP contribution < -0.4 is 4.74 Å². The molecule has 0 spiro atoms. The Hall–Kier alpha value is -1.72. The predicted molar refractivity (Wildman–Crippen MR) is 55.6 cm³/mol. The maximum atomic E-state index is 12.7. The molecule has 0 bridgehead atoms. The van der Waals surface area contributed by atoms with Gasteiger partial charge in [0.25, 0.3) is 6.10 Å². The first kappa shape index (κ1) is 13.3. The van der Waals surface area contributed by atoms with Gasteiger partial charge in [-0.05, 0) is 13.0 Å². The van der Waals surface area contributed by atoms with E-state index in [1.165, 1.54) is 6.07 Å². The van der Waals surface area contributed by atoms with Gasteiger partial charge in [0.1, 0.15) is 5.76 Å². The molecule has 1 heterocycles. The van der Waals surface area contributed by atoms with Gasteiger partial charge < -0.3 is 9.47 Å². The van der Waals surface area contributed by atoms with Crippen LogP contribution >= 0.6 is 0 Å². The van der Waals surface area contributed by atoms with Crippen molar-refractivity contribution in [3.63, 3.8) is 0 Å². The van der Waals surface area contributed by atoms with Gasteiger partial charge in [0.05, 0.1) is 7.11 Å². The molecule has 0 aromatic carbocycles. The normalized spacial score (nSPS) is 13.0. The molecule has 0 saturated carbocycles. The summed E-state index contributed by atoms with van der Waals surface area (Å²) in [6, 6.07) is 4.55. The highest BCUT2D eigenvalue weighted by Gasteiger charge is 2.45. The third kappa shape index (κ3) is 3.65. The topological polar surface area (TPSA) is 31.4 Å². The van der Waals surface area contributed by atoms with Gasteiger partial charge in [-0.3, -0.25) is 0 Å². The fourth-order valence-electron chi connectivity index (χ4n) is 1.13. The van der Waals surface area contributed by atoms with E-state index in [0.29, 0.717) is 5.69 Å². The number of alkyl halides is 3. The monoisotopic (exact) mass is 247 g/mol. The van der Waals surface area contributed by atoms with Crippen molar-refractivity contribution in [1.82, 2.24) is 4.98 Å². The lowest BCUT2D eigenvalue weighted by Crippen LogP contribution is -2.36. The lowest BCUT2D eigenvalue weighted by molar-refractivity contribution is -0.192. The molecule has 0 aliphatic carbocycles. The molecule has 1 aromatic heterocycles. The number of hydrogen-bond donors (Lipinski definition) is 0. The number of halogens is 3. The minimum atomic E-state index is -4.60. The zero-order valence-electron chi connectivity index (χ0n) is 9.41. The molecule has 0 saturated heterocycles. The first-order valence-corrected chi connectivity index (χ1v) is 4.74. The molecule has 1 rings (SSSR count). The molecule has 1 aromatic rings. The average Bonchev–Trinajstić information content (AvgIpc) is 2.23. The fourth-order valence-corrected chi connectivity index (χ4v) is 1.13. The van der Waals surface area contributed by atoms with Crippen molar-refractivity contribution in [1.29, 1.82) is 0 Å². The molecular weight excluding hydrogens is 235 g/mol. The third-order valence-electron chi connectivity index (χ3n) is 1.95. The second-order valence-corrected chi connectivity index (χ2v) is 3.33. The molecular formula is C11H12F3NO2. The van der Waals surface area contributed by atoms with Crippen molar-refractivity contribution < 1.29 is 22.6 Å². The fraction of sp³-hybridized carbons (Fsp3) is 0.364.